The van der Waals surface area contributed by atoms with Crippen molar-refractivity contribution in [3.8, 4) is 0 Å². The average Bonchev–Trinajstić information content (AvgIpc) is 2.43. The van der Waals surface area contributed by atoms with E-state index in [1.54, 1.807) is 11.1 Å². The Balaban J connectivity index is 0.00000484. The molecule has 1 aliphatic rings. The van der Waals surface area contributed by atoms with Gasteiger partial charge in [0.05, 0.1) is 0 Å². The van der Waals surface area contributed by atoms with Crippen molar-refractivity contribution in [1.29, 1.82) is 0 Å². The van der Waals surface area contributed by atoms with E-state index in [1.807, 2.05) is 0 Å². The summed E-state index contributed by atoms with van der Waals surface area (Å²) in [5.74, 6) is 0.541. The number of rotatable bonds is 5. The molecule has 0 spiro atoms. The summed E-state index contributed by atoms with van der Waals surface area (Å²) in [4.78, 5) is 0. The largest absolute Gasteiger partial charge is 0.0847 e. The molecule has 0 aromatic heterocycles. The lowest BCUT2D eigenvalue weighted by molar-refractivity contribution is 0.376. The highest BCUT2D eigenvalue weighted by molar-refractivity contribution is 5.38. The molecule has 0 bridgehead atoms. The predicted octanol–water partition coefficient (Wildman–Crippen LogP) is 7.42. The van der Waals surface area contributed by atoms with E-state index >= 15 is 0 Å². The summed E-state index contributed by atoms with van der Waals surface area (Å²) in [6.45, 7) is 15.8. The highest BCUT2D eigenvalue weighted by Gasteiger charge is 2.26. The molecule has 0 aliphatic heterocycles. The van der Waals surface area contributed by atoms with Crippen LogP contribution in [0.3, 0.4) is 0 Å². The molecular formula is C22H36. The van der Waals surface area contributed by atoms with Crippen LogP contribution in [0.25, 0.3) is 0 Å². The molecule has 124 valence electrons. The summed E-state index contributed by atoms with van der Waals surface area (Å²) in [5, 5.41) is 0. The Morgan fingerprint density at radius 1 is 1.23 bits per heavy atom. The van der Waals surface area contributed by atoms with Gasteiger partial charge in [-0.1, -0.05) is 75.3 Å². The Labute approximate surface area is 139 Å². The molecule has 0 radical (unpaired) electrons. The fourth-order valence-electron chi connectivity index (χ4n) is 3.04. The average molecular weight is 301 g/mol. The van der Waals surface area contributed by atoms with E-state index in [9.17, 15) is 0 Å². The first-order valence-corrected chi connectivity index (χ1v) is 8.67. The summed E-state index contributed by atoms with van der Waals surface area (Å²) in [6.07, 6.45) is 17.3. The molecule has 0 fully saturated rings. The van der Waals surface area contributed by atoms with Gasteiger partial charge in [-0.3, -0.25) is 0 Å². The lowest BCUT2D eigenvalue weighted by Crippen LogP contribution is -2.19. The van der Waals surface area contributed by atoms with Gasteiger partial charge >= 0.3 is 0 Å². The maximum absolute atomic E-state index is 2.38. The number of hydrogen-bond acceptors (Lipinski definition) is 0. The summed E-state index contributed by atoms with van der Waals surface area (Å²) >= 11 is 0. The van der Waals surface area contributed by atoms with Gasteiger partial charge in [0.15, 0.2) is 0 Å². The zero-order valence-electron chi connectivity index (χ0n) is 15.7. The van der Waals surface area contributed by atoms with Crippen LogP contribution in [-0.4, -0.2) is 0 Å². The molecule has 0 nitrogen and oxygen atoms in total. The van der Waals surface area contributed by atoms with Crippen LogP contribution in [-0.2, 0) is 0 Å². The second-order valence-electron chi connectivity index (χ2n) is 7.48. The Morgan fingerprint density at radius 3 is 2.45 bits per heavy atom. The fraction of sp³-hybridized carbons (Fsp3) is 0.545. The Bertz CT molecular complexity index is 522. The first-order chi connectivity index (χ1) is 10.3. The Morgan fingerprint density at radius 2 is 1.91 bits per heavy atom. The van der Waals surface area contributed by atoms with E-state index in [-0.39, 0.29) is 1.43 Å². The van der Waals surface area contributed by atoms with E-state index < -0.39 is 0 Å². The first kappa shape index (κ1) is 18.7. The minimum absolute atomic E-state index is 0. The van der Waals surface area contributed by atoms with Crippen LogP contribution in [0.5, 0.6) is 0 Å². The molecule has 0 atom stereocenters. The van der Waals surface area contributed by atoms with Gasteiger partial charge in [-0.25, -0.2) is 0 Å². The maximum Gasteiger partial charge on any atom is 0 e. The van der Waals surface area contributed by atoms with Crippen LogP contribution >= 0.6 is 0 Å². The third kappa shape index (κ3) is 5.48. The van der Waals surface area contributed by atoms with Crippen molar-refractivity contribution in [2.75, 3.05) is 0 Å². The van der Waals surface area contributed by atoms with Gasteiger partial charge in [0.2, 0.25) is 0 Å². The van der Waals surface area contributed by atoms with Crippen LogP contribution < -0.4 is 0 Å². The maximum atomic E-state index is 2.38. The van der Waals surface area contributed by atoms with E-state index in [1.165, 1.54) is 30.4 Å². The smallest absolute Gasteiger partial charge is 0 e. The zero-order chi connectivity index (χ0) is 16.8. The molecule has 0 aromatic carbocycles. The molecule has 0 unspecified atom stereocenters. The van der Waals surface area contributed by atoms with Gasteiger partial charge in [0.1, 0.15) is 0 Å². The van der Waals surface area contributed by atoms with Crippen molar-refractivity contribution in [1.82, 2.24) is 0 Å². The fourth-order valence-corrected chi connectivity index (χ4v) is 3.04. The lowest BCUT2D eigenvalue weighted by Gasteiger charge is -2.33. The molecule has 0 saturated heterocycles. The molecule has 0 heteroatoms. The van der Waals surface area contributed by atoms with Gasteiger partial charge in [0.25, 0.3) is 0 Å². The lowest BCUT2D eigenvalue weighted by atomic mass is 9.72. The molecule has 0 saturated carbocycles. The van der Waals surface area contributed by atoms with Crippen molar-refractivity contribution >= 4 is 0 Å². The molecule has 1 rings (SSSR count). The molecule has 0 amide bonds. The molecule has 0 N–H and O–H groups in total. The van der Waals surface area contributed by atoms with Crippen LogP contribution in [0.15, 0.2) is 58.7 Å². The monoisotopic (exact) mass is 300 g/mol. The third-order valence-corrected chi connectivity index (χ3v) is 4.75. The number of allylic oxidation sites excluding steroid dienone is 10. The molecular weight excluding hydrogens is 264 g/mol. The molecule has 1 aliphatic carbocycles. The van der Waals surface area contributed by atoms with Crippen molar-refractivity contribution < 1.29 is 1.43 Å². The highest BCUT2D eigenvalue weighted by atomic mass is 14.3. The van der Waals surface area contributed by atoms with E-state index in [0.29, 0.717) is 11.3 Å². The second-order valence-corrected chi connectivity index (χ2v) is 7.48. The van der Waals surface area contributed by atoms with Crippen molar-refractivity contribution in [3.05, 3.63) is 58.7 Å². The van der Waals surface area contributed by atoms with Crippen LogP contribution in [0.1, 0.15) is 69.2 Å². The Hall–Kier alpha value is -1.30. The molecule has 22 heavy (non-hydrogen) atoms. The van der Waals surface area contributed by atoms with Crippen LogP contribution in [0.2, 0.25) is 0 Å². The quantitative estimate of drug-likeness (QED) is 0.463. The summed E-state index contributed by atoms with van der Waals surface area (Å²) in [6, 6.07) is 0. The molecule has 0 heterocycles. The van der Waals surface area contributed by atoms with E-state index in [4.69, 9.17) is 0 Å². The third-order valence-electron chi connectivity index (χ3n) is 4.75. The topological polar surface area (TPSA) is 0 Å². The van der Waals surface area contributed by atoms with Crippen LogP contribution in [0.4, 0.5) is 0 Å². The van der Waals surface area contributed by atoms with Crippen LogP contribution in [0, 0.1) is 11.3 Å². The number of hydrogen-bond donors (Lipinski definition) is 0. The minimum Gasteiger partial charge on any atom is -0.0847 e. The zero-order valence-corrected chi connectivity index (χ0v) is 15.7. The SMILES string of the molecule is C/C=C(C)/C=C/C=C(\C=C\C1=C(C)CCCC1(C)C)C(C)C.[HH]. The van der Waals surface area contributed by atoms with Gasteiger partial charge in [0, 0.05) is 1.43 Å². The van der Waals surface area contributed by atoms with E-state index in [0.717, 1.165) is 0 Å². The standard InChI is InChI=1S/C22H34.H2/c1-8-18(4)11-9-13-20(17(2)3)14-15-21-19(5)12-10-16-22(21,6)7;/h8-9,11,13-15,17H,10,12,16H2,1-7H3;1H/b11-9+,15-14+,18-8+,20-13+;. The van der Waals surface area contributed by atoms with Crippen molar-refractivity contribution in [2.24, 2.45) is 11.3 Å². The van der Waals surface area contributed by atoms with Gasteiger partial charge < -0.3 is 0 Å². The van der Waals surface area contributed by atoms with Crippen molar-refractivity contribution in [3.63, 3.8) is 0 Å². The van der Waals surface area contributed by atoms with Gasteiger partial charge in [-0.2, -0.15) is 0 Å². The second kappa shape index (κ2) is 8.36. The highest BCUT2D eigenvalue weighted by Crippen LogP contribution is 2.40. The van der Waals surface area contributed by atoms with Gasteiger partial charge in [-0.05, 0) is 62.5 Å². The Kier molecular flexibility index (Phi) is 7.13. The summed E-state index contributed by atoms with van der Waals surface area (Å²) < 4.78 is 0. The van der Waals surface area contributed by atoms with E-state index in [2.05, 4.69) is 84.9 Å². The summed E-state index contributed by atoms with van der Waals surface area (Å²) in [5.41, 5.74) is 6.12. The normalized spacial score (nSPS) is 20.7. The van der Waals surface area contributed by atoms with Gasteiger partial charge in [-0.15, -0.1) is 0 Å². The first-order valence-electron chi connectivity index (χ1n) is 8.67. The predicted molar refractivity (Wildman–Crippen MR) is 103 cm³/mol. The minimum atomic E-state index is 0. The molecule has 0 aromatic rings. The summed E-state index contributed by atoms with van der Waals surface area (Å²) in [7, 11) is 0. The van der Waals surface area contributed by atoms with Crippen molar-refractivity contribution in [2.45, 2.75) is 67.7 Å².